The Morgan fingerprint density at radius 2 is 2.33 bits per heavy atom. The van der Waals surface area contributed by atoms with E-state index in [2.05, 4.69) is 25.7 Å². The van der Waals surface area contributed by atoms with Gasteiger partial charge in [-0.2, -0.15) is 4.98 Å². The predicted octanol–water partition coefficient (Wildman–Crippen LogP) is 2.30. The second-order valence-electron chi connectivity index (χ2n) is 7.13. The number of carbonyl (C=O) groups is 1. The molecule has 4 rings (SSSR count). The van der Waals surface area contributed by atoms with Crippen LogP contribution < -0.4 is 10.6 Å². The Bertz CT molecular complexity index is 717. The average molecular weight is 412 g/mol. The molecule has 148 valence electrons. The number of hydrogen-bond donors (Lipinski definition) is 2. The normalized spacial score (nSPS) is 23.1. The van der Waals surface area contributed by atoms with Crippen LogP contribution in [0.15, 0.2) is 22.0 Å². The number of amides is 1. The SMILES string of the molecule is Cl.O=C(NCC1CCCN(Cc2nc(-c3cccs3)no2)C1)C1CCCN1. The number of likely N-dealkylation sites (tertiary alicyclic amines) is 1. The number of piperidine rings is 1. The van der Waals surface area contributed by atoms with Crippen LogP contribution in [-0.4, -0.2) is 53.2 Å². The molecule has 0 bridgehead atoms. The second-order valence-corrected chi connectivity index (χ2v) is 8.07. The summed E-state index contributed by atoms with van der Waals surface area (Å²) in [7, 11) is 0. The third-order valence-electron chi connectivity index (χ3n) is 5.11. The Morgan fingerprint density at radius 1 is 1.41 bits per heavy atom. The third kappa shape index (κ3) is 5.28. The van der Waals surface area contributed by atoms with Crippen LogP contribution in [0.1, 0.15) is 31.6 Å². The van der Waals surface area contributed by atoms with Crippen molar-refractivity contribution in [3.63, 3.8) is 0 Å². The molecule has 0 aromatic carbocycles. The van der Waals surface area contributed by atoms with Crippen molar-refractivity contribution >= 4 is 29.7 Å². The van der Waals surface area contributed by atoms with Crippen molar-refractivity contribution in [2.45, 2.75) is 38.3 Å². The van der Waals surface area contributed by atoms with E-state index >= 15 is 0 Å². The van der Waals surface area contributed by atoms with Crippen molar-refractivity contribution in [3.05, 3.63) is 23.4 Å². The first-order valence-corrected chi connectivity index (χ1v) is 10.3. The molecule has 9 heteroatoms. The molecule has 2 N–H and O–H groups in total. The van der Waals surface area contributed by atoms with Crippen LogP contribution in [0.2, 0.25) is 0 Å². The summed E-state index contributed by atoms with van der Waals surface area (Å²) >= 11 is 1.61. The molecule has 0 saturated carbocycles. The molecule has 4 heterocycles. The molecule has 2 aliphatic rings. The lowest BCUT2D eigenvalue weighted by atomic mass is 9.98. The Balaban J connectivity index is 0.00000210. The Kier molecular flexibility index (Phi) is 7.23. The Morgan fingerprint density at radius 3 is 3.11 bits per heavy atom. The molecule has 0 spiro atoms. The smallest absolute Gasteiger partial charge is 0.241 e. The molecule has 2 aromatic rings. The second kappa shape index (κ2) is 9.64. The van der Waals surface area contributed by atoms with Crippen LogP contribution in [-0.2, 0) is 11.3 Å². The summed E-state index contributed by atoms with van der Waals surface area (Å²) in [5.41, 5.74) is 0. The van der Waals surface area contributed by atoms with Gasteiger partial charge in [0.25, 0.3) is 0 Å². The topological polar surface area (TPSA) is 83.3 Å². The molecule has 2 aromatic heterocycles. The van der Waals surface area contributed by atoms with Gasteiger partial charge in [-0.25, -0.2) is 0 Å². The van der Waals surface area contributed by atoms with Gasteiger partial charge in [0.2, 0.25) is 17.6 Å². The van der Waals surface area contributed by atoms with Gasteiger partial charge in [0.15, 0.2) is 0 Å². The van der Waals surface area contributed by atoms with E-state index < -0.39 is 0 Å². The van der Waals surface area contributed by atoms with Crippen LogP contribution in [0, 0.1) is 5.92 Å². The minimum absolute atomic E-state index is 0. The number of halogens is 1. The summed E-state index contributed by atoms with van der Waals surface area (Å²) < 4.78 is 5.42. The zero-order valence-electron chi connectivity index (χ0n) is 15.2. The molecule has 0 radical (unpaired) electrons. The third-order valence-corrected chi connectivity index (χ3v) is 5.98. The van der Waals surface area contributed by atoms with Crippen molar-refractivity contribution in [1.29, 1.82) is 0 Å². The molecule has 7 nitrogen and oxygen atoms in total. The van der Waals surface area contributed by atoms with E-state index in [1.807, 2.05) is 17.5 Å². The highest BCUT2D eigenvalue weighted by atomic mass is 35.5. The zero-order valence-corrected chi connectivity index (χ0v) is 16.9. The molecule has 2 atom stereocenters. The van der Waals surface area contributed by atoms with E-state index in [-0.39, 0.29) is 24.4 Å². The minimum atomic E-state index is 0. The lowest BCUT2D eigenvalue weighted by molar-refractivity contribution is -0.123. The highest BCUT2D eigenvalue weighted by Gasteiger charge is 2.25. The first kappa shape index (κ1) is 20.3. The van der Waals surface area contributed by atoms with E-state index in [4.69, 9.17) is 4.52 Å². The fourth-order valence-electron chi connectivity index (χ4n) is 3.75. The van der Waals surface area contributed by atoms with Crippen LogP contribution in [0.3, 0.4) is 0 Å². The lowest BCUT2D eigenvalue weighted by Crippen LogP contribution is -2.45. The maximum atomic E-state index is 12.2. The molecule has 2 saturated heterocycles. The number of nitrogens with zero attached hydrogens (tertiary/aromatic N) is 3. The van der Waals surface area contributed by atoms with Crippen LogP contribution in [0.25, 0.3) is 10.7 Å². The van der Waals surface area contributed by atoms with E-state index in [1.54, 1.807) is 11.3 Å². The average Bonchev–Trinajstić information content (AvgIpc) is 3.41. The van der Waals surface area contributed by atoms with Gasteiger partial charge in [0.05, 0.1) is 17.5 Å². The van der Waals surface area contributed by atoms with Crippen molar-refractivity contribution in [2.75, 3.05) is 26.2 Å². The molecule has 27 heavy (non-hydrogen) atoms. The quantitative estimate of drug-likeness (QED) is 0.758. The molecule has 1 amide bonds. The van der Waals surface area contributed by atoms with Gasteiger partial charge in [-0.1, -0.05) is 11.2 Å². The van der Waals surface area contributed by atoms with Crippen molar-refractivity contribution < 1.29 is 9.32 Å². The Hall–Kier alpha value is -1.48. The van der Waals surface area contributed by atoms with Crippen molar-refractivity contribution in [3.8, 4) is 10.7 Å². The minimum Gasteiger partial charge on any atom is -0.354 e. The first-order valence-electron chi connectivity index (χ1n) is 9.38. The molecular weight excluding hydrogens is 386 g/mol. The summed E-state index contributed by atoms with van der Waals surface area (Å²) in [5, 5.41) is 12.5. The number of carbonyl (C=O) groups excluding carboxylic acids is 1. The van der Waals surface area contributed by atoms with Crippen LogP contribution in [0.4, 0.5) is 0 Å². The lowest BCUT2D eigenvalue weighted by Gasteiger charge is -2.32. The highest BCUT2D eigenvalue weighted by molar-refractivity contribution is 7.13. The summed E-state index contributed by atoms with van der Waals surface area (Å²) in [6.07, 6.45) is 4.33. The van der Waals surface area contributed by atoms with E-state index in [0.717, 1.165) is 56.7 Å². The van der Waals surface area contributed by atoms with Gasteiger partial charge < -0.3 is 15.2 Å². The summed E-state index contributed by atoms with van der Waals surface area (Å²) in [6.45, 7) is 4.36. The van der Waals surface area contributed by atoms with Gasteiger partial charge >= 0.3 is 0 Å². The summed E-state index contributed by atoms with van der Waals surface area (Å²) in [6, 6.07) is 3.99. The molecule has 0 aliphatic carbocycles. The summed E-state index contributed by atoms with van der Waals surface area (Å²) in [5.74, 6) is 1.96. The number of hydrogen-bond acceptors (Lipinski definition) is 7. The largest absolute Gasteiger partial charge is 0.354 e. The fraction of sp³-hybridized carbons (Fsp3) is 0.611. The van der Waals surface area contributed by atoms with Gasteiger partial charge in [0, 0.05) is 13.1 Å². The standard InChI is InChI=1S/C18H25N5O2S.ClH/c24-18(14-5-1-7-19-14)20-10-13-4-2-8-23(11-13)12-16-21-17(22-25-16)15-6-3-9-26-15;/h3,6,9,13-14,19H,1-2,4-5,7-8,10-12H2,(H,20,24);1H. The highest BCUT2D eigenvalue weighted by Crippen LogP contribution is 2.23. The van der Waals surface area contributed by atoms with Gasteiger partial charge in [-0.05, 0) is 56.1 Å². The number of rotatable bonds is 6. The number of aromatic nitrogens is 2. The maximum absolute atomic E-state index is 12.2. The molecule has 2 unspecified atom stereocenters. The van der Waals surface area contributed by atoms with Gasteiger partial charge in [-0.3, -0.25) is 9.69 Å². The molecule has 2 aliphatic heterocycles. The summed E-state index contributed by atoms with van der Waals surface area (Å²) in [4.78, 5) is 20.0. The van der Waals surface area contributed by atoms with Crippen LogP contribution >= 0.6 is 23.7 Å². The first-order chi connectivity index (χ1) is 12.8. The Labute approximate surface area is 169 Å². The zero-order chi connectivity index (χ0) is 17.8. The van der Waals surface area contributed by atoms with E-state index in [9.17, 15) is 4.79 Å². The van der Waals surface area contributed by atoms with Gasteiger partial charge in [0.1, 0.15) is 0 Å². The fourth-order valence-corrected chi connectivity index (χ4v) is 4.40. The molecule has 2 fully saturated rings. The number of thiophene rings is 1. The monoisotopic (exact) mass is 411 g/mol. The number of nitrogens with one attached hydrogen (secondary N) is 2. The van der Waals surface area contributed by atoms with Crippen molar-refractivity contribution in [2.24, 2.45) is 5.92 Å². The molecular formula is C18H26ClN5O2S. The van der Waals surface area contributed by atoms with Gasteiger partial charge in [-0.15, -0.1) is 23.7 Å². The van der Waals surface area contributed by atoms with E-state index in [0.29, 0.717) is 24.2 Å². The van der Waals surface area contributed by atoms with Crippen molar-refractivity contribution in [1.82, 2.24) is 25.7 Å². The maximum Gasteiger partial charge on any atom is 0.241 e. The van der Waals surface area contributed by atoms with E-state index in [1.165, 1.54) is 0 Å². The van der Waals surface area contributed by atoms with Crippen LogP contribution in [0.5, 0.6) is 0 Å². The predicted molar refractivity (Wildman–Crippen MR) is 107 cm³/mol.